The minimum absolute atomic E-state index is 0.0161. The van der Waals surface area contributed by atoms with Gasteiger partial charge in [-0.1, -0.05) is 65.8 Å². The Bertz CT molecular complexity index is 1290. The summed E-state index contributed by atoms with van der Waals surface area (Å²) in [6.45, 7) is -0.335. The summed E-state index contributed by atoms with van der Waals surface area (Å²) in [4.78, 5) is 16.7. The average molecular weight is 487 g/mol. The number of carbonyl (C=O) groups excluding carboxylic acids is 1. The zero-order valence-corrected chi connectivity index (χ0v) is 19.6. The quantitative estimate of drug-likeness (QED) is 0.266. The molecule has 0 radical (unpaired) electrons. The number of methoxy groups -OCH3 is 1. The van der Waals surface area contributed by atoms with Gasteiger partial charge in [0.05, 0.1) is 7.11 Å². The summed E-state index contributed by atoms with van der Waals surface area (Å²) in [6.07, 6.45) is 0. The monoisotopic (exact) mass is 486 g/mol. The van der Waals surface area contributed by atoms with Crippen LogP contribution in [0.25, 0.3) is 22.5 Å². The molecule has 0 unspecified atom stereocenters. The van der Waals surface area contributed by atoms with Crippen LogP contribution in [0.1, 0.15) is 0 Å². The Kier molecular flexibility index (Phi) is 7.77. The van der Waals surface area contributed by atoms with Gasteiger partial charge in [0, 0.05) is 16.8 Å². The summed E-state index contributed by atoms with van der Waals surface area (Å²) in [7, 11) is 1.59. The normalized spacial score (nSPS) is 10.2. The minimum atomic E-state index is -0.471. The molecule has 0 aliphatic carbocycles. The molecular formula is C25H22N6O3S. The number of benzene rings is 3. The predicted octanol–water partition coefficient (Wildman–Crippen LogP) is 3.61. The van der Waals surface area contributed by atoms with E-state index in [2.05, 4.69) is 31.3 Å². The Hall–Kier alpha value is -4.57. The van der Waals surface area contributed by atoms with Crippen molar-refractivity contribution in [3.05, 3.63) is 84.9 Å². The van der Waals surface area contributed by atoms with Crippen molar-refractivity contribution in [2.24, 2.45) is 0 Å². The lowest BCUT2D eigenvalue weighted by atomic mass is 10.0. The number of nitrogens with zero attached hydrogens (tertiary/aromatic N) is 3. The molecule has 4 aromatic rings. The molecular weight excluding hydrogens is 464 g/mol. The van der Waals surface area contributed by atoms with E-state index in [0.29, 0.717) is 11.4 Å². The molecule has 0 aliphatic rings. The molecule has 0 fully saturated rings. The van der Waals surface area contributed by atoms with Crippen LogP contribution in [0.15, 0.2) is 84.9 Å². The number of hydrogen-bond donors (Lipinski definition) is 3. The second kappa shape index (κ2) is 11.5. The molecule has 1 heterocycles. The first-order valence-electron chi connectivity index (χ1n) is 10.6. The van der Waals surface area contributed by atoms with E-state index in [4.69, 9.17) is 21.7 Å². The molecule has 3 aromatic carbocycles. The molecule has 10 heteroatoms. The van der Waals surface area contributed by atoms with Crippen molar-refractivity contribution in [1.82, 2.24) is 26.0 Å². The van der Waals surface area contributed by atoms with Gasteiger partial charge in [-0.15, -0.1) is 5.10 Å². The van der Waals surface area contributed by atoms with Gasteiger partial charge in [0.2, 0.25) is 0 Å². The lowest BCUT2D eigenvalue weighted by Gasteiger charge is -2.12. The summed E-state index contributed by atoms with van der Waals surface area (Å²) < 4.78 is 10.6. The second-order valence-corrected chi connectivity index (χ2v) is 7.58. The van der Waals surface area contributed by atoms with Gasteiger partial charge < -0.3 is 14.8 Å². The van der Waals surface area contributed by atoms with Crippen molar-refractivity contribution >= 4 is 28.9 Å². The number of nitrogens with one attached hydrogen (secondary N) is 3. The van der Waals surface area contributed by atoms with Crippen LogP contribution in [0.5, 0.6) is 11.8 Å². The fourth-order valence-corrected chi connectivity index (χ4v) is 3.26. The largest absolute Gasteiger partial charge is 0.497 e. The fourth-order valence-electron chi connectivity index (χ4n) is 3.09. The summed E-state index contributed by atoms with van der Waals surface area (Å²) in [5, 5.41) is 11.5. The van der Waals surface area contributed by atoms with Crippen LogP contribution in [0.2, 0.25) is 0 Å². The van der Waals surface area contributed by atoms with Crippen molar-refractivity contribution in [3.63, 3.8) is 0 Å². The van der Waals surface area contributed by atoms with Gasteiger partial charge in [-0.2, -0.15) is 4.98 Å². The third-order valence-electron chi connectivity index (χ3n) is 4.76. The maximum atomic E-state index is 12.2. The Balaban J connectivity index is 1.36. The van der Waals surface area contributed by atoms with E-state index in [-0.39, 0.29) is 17.7 Å². The van der Waals surface area contributed by atoms with Gasteiger partial charge in [-0.3, -0.25) is 15.6 Å². The van der Waals surface area contributed by atoms with E-state index in [9.17, 15) is 4.79 Å². The fraction of sp³-hybridized carbons (Fsp3) is 0.0800. The number of carbonyl (C=O) groups is 1. The Morgan fingerprint density at radius 3 is 2.09 bits per heavy atom. The van der Waals surface area contributed by atoms with E-state index in [1.165, 1.54) is 0 Å². The molecule has 0 saturated heterocycles. The van der Waals surface area contributed by atoms with Crippen molar-refractivity contribution in [2.45, 2.75) is 0 Å². The SMILES string of the molecule is COc1ccc(NC(=S)NNC(=O)COc2nnc(-c3ccccc3)c(-c3ccccc3)n2)cc1. The number of thiocarbonyl (C=S) groups is 1. The number of amides is 1. The lowest BCUT2D eigenvalue weighted by Crippen LogP contribution is -2.45. The van der Waals surface area contributed by atoms with Gasteiger partial charge in [-0.25, -0.2) is 0 Å². The molecule has 35 heavy (non-hydrogen) atoms. The molecule has 176 valence electrons. The second-order valence-electron chi connectivity index (χ2n) is 7.17. The van der Waals surface area contributed by atoms with E-state index >= 15 is 0 Å². The number of hydrogen-bond acceptors (Lipinski definition) is 7. The number of hydrazine groups is 1. The first kappa shape index (κ1) is 23.6. The molecule has 0 spiro atoms. The maximum absolute atomic E-state index is 12.2. The van der Waals surface area contributed by atoms with Crippen LogP contribution in [-0.4, -0.2) is 39.9 Å². The van der Waals surface area contributed by atoms with E-state index < -0.39 is 5.91 Å². The number of rotatable bonds is 7. The average Bonchev–Trinajstić information content (AvgIpc) is 2.92. The third-order valence-corrected chi connectivity index (χ3v) is 4.96. The van der Waals surface area contributed by atoms with Crippen LogP contribution in [0.3, 0.4) is 0 Å². The zero-order valence-electron chi connectivity index (χ0n) is 18.8. The topological polar surface area (TPSA) is 110 Å². The Morgan fingerprint density at radius 2 is 1.46 bits per heavy atom. The minimum Gasteiger partial charge on any atom is -0.497 e. The van der Waals surface area contributed by atoms with Crippen LogP contribution in [0, 0.1) is 0 Å². The molecule has 1 aromatic heterocycles. The van der Waals surface area contributed by atoms with Crippen molar-refractivity contribution < 1.29 is 14.3 Å². The molecule has 0 atom stereocenters. The van der Waals surface area contributed by atoms with Crippen molar-refractivity contribution in [3.8, 4) is 34.3 Å². The smallest absolute Gasteiger partial charge is 0.336 e. The number of aromatic nitrogens is 3. The van der Waals surface area contributed by atoms with E-state index in [1.807, 2.05) is 60.7 Å². The molecule has 3 N–H and O–H groups in total. The summed E-state index contributed by atoms with van der Waals surface area (Å²) in [6, 6.07) is 26.4. The molecule has 0 saturated carbocycles. The van der Waals surface area contributed by atoms with Crippen LogP contribution >= 0.6 is 12.2 Å². The number of ether oxygens (including phenoxy) is 2. The van der Waals surface area contributed by atoms with Gasteiger partial charge in [-0.05, 0) is 36.5 Å². The van der Waals surface area contributed by atoms with E-state index in [1.54, 1.807) is 31.4 Å². The van der Waals surface area contributed by atoms with Gasteiger partial charge >= 0.3 is 6.01 Å². The summed E-state index contributed by atoms with van der Waals surface area (Å²) in [5.74, 6) is 0.254. The summed E-state index contributed by atoms with van der Waals surface area (Å²) >= 11 is 5.18. The number of anilines is 1. The van der Waals surface area contributed by atoms with Crippen molar-refractivity contribution in [1.29, 1.82) is 0 Å². The van der Waals surface area contributed by atoms with Gasteiger partial charge in [0.1, 0.15) is 17.1 Å². The van der Waals surface area contributed by atoms with Gasteiger partial charge in [0.25, 0.3) is 5.91 Å². The standard InChI is InChI=1S/C25H22N6O3S/c1-33-20-14-12-19(13-15-20)26-25(35)31-28-21(32)16-34-24-27-22(17-8-4-2-5-9-17)23(29-30-24)18-10-6-3-7-11-18/h2-15H,16H2,1H3,(H,28,32)(H2,26,31,35). The van der Waals surface area contributed by atoms with Crippen molar-refractivity contribution in [2.75, 3.05) is 19.0 Å². The summed E-state index contributed by atoms with van der Waals surface area (Å²) in [5.41, 5.74) is 8.76. The van der Waals surface area contributed by atoms with Crippen LogP contribution in [0.4, 0.5) is 5.69 Å². The molecule has 9 nitrogen and oxygen atoms in total. The molecule has 0 aliphatic heterocycles. The lowest BCUT2D eigenvalue weighted by molar-refractivity contribution is -0.123. The molecule has 0 bridgehead atoms. The maximum Gasteiger partial charge on any atom is 0.336 e. The molecule has 1 amide bonds. The Labute approximate surface area is 207 Å². The predicted molar refractivity (Wildman–Crippen MR) is 137 cm³/mol. The first-order chi connectivity index (χ1) is 17.1. The molecule has 4 rings (SSSR count). The highest BCUT2D eigenvalue weighted by atomic mass is 32.1. The first-order valence-corrected chi connectivity index (χ1v) is 11.0. The van der Waals surface area contributed by atoms with Gasteiger partial charge in [0.15, 0.2) is 11.7 Å². The van der Waals surface area contributed by atoms with Crippen LogP contribution in [-0.2, 0) is 4.79 Å². The highest BCUT2D eigenvalue weighted by molar-refractivity contribution is 7.80. The van der Waals surface area contributed by atoms with E-state index in [0.717, 1.165) is 22.6 Å². The van der Waals surface area contributed by atoms with Crippen LogP contribution < -0.4 is 25.6 Å². The highest BCUT2D eigenvalue weighted by Crippen LogP contribution is 2.29. The third kappa shape index (κ3) is 6.49. The Morgan fingerprint density at radius 1 is 0.829 bits per heavy atom. The highest BCUT2D eigenvalue weighted by Gasteiger charge is 2.15. The zero-order chi connectivity index (χ0) is 24.5.